The summed E-state index contributed by atoms with van der Waals surface area (Å²) in [6, 6.07) is 5.01. The van der Waals surface area contributed by atoms with Crippen LogP contribution in [-0.2, 0) is 6.54 Å². The number of rotatable bonds is 3. The van der Waals surface area contributed by atoms with E-state index in [2.05, 4.69) is 9.72 Å². The third kappa shape index (κ3) is 2.04. The molecule has 0 aliphatic carbocycles. The lowest BCUT2D eigenvalue weighted by Gasteiger charge is -1.94. The third-order valence-electron chi connectivity index (χ3n) is 1.86. The van der Waals surface area contributed by atoms with Crippen LogP contribution in [0.3, 0.4) is 0 Å². The number of aromatic nitrogens is 1. The summed E-state index contributed by atoms with van der Waals surface area (Å²) in [5, 5.41) is 0. The van der Waals surface area contributed by atoms with Crippen LogP contribution in [0.1, 0.15) is 5.56 Å². The fraction of sp³-hybridized carbons (Fsp3) is 0.222. The van der Waals surface area contributed by atoms with Crippen LogP contribution >= 0.6 is 0 Å². The van der Waals surface area contributed by atoms with E-state index in [4.69, 9.17) is 10.2 Å². The van der Waals surface area contributed by atoms with Gasteiger partial charge >= 0.3 is 12.7 Å². The lowest BCUT2D eigenvalue weighted by Crippen LogP contribution is -2.01. The number of nitrogens with two attached hydrogens (primary N) is 1. The first-order chi connectivity index (χ1) is 7.19. The van der Waals surface area contributed by atoms with Crippen molar-refractivity contribution in [3.05, 3.63) is 23.8 Å². The smallest absolute Gasteiger partial charge is 0.399 e. The molecule has 0 atom stereocenters. The van der Waals surface area contributed by atoms with Gasteiger partial charge in [0.05, 0.1) is 0 Å². The molecule has 80 valence electrons. The van der Waals surface area contributed by atoms with Crippen LogP contribution in [0.2, 0.25) is 0 Å². The molecule has 2 rings (SSSR count). The maximum absolute atomic E-state index is 11.9. The Hall–Kier alpha value is -1.69. The van der Waals surface area contributed by atoms with Crippen molar-refractivity contribution >= 4 is 11.1 Å². The van der Waals surface area contributed by atoms with Crippen LogP contribution in [0, 0.1) is 0 Å². The summed E-state index contributed by atoms with van der Waals surface area (Å²) in [4.78, 5) is 3.74. The second-order valence-corrected chi connectivity index (χ2v) is 2.86. The maximum atomic E-state index is 11.9. The average Bonchev–Trinajstić information content (AvgIpc) is 2.57. The monoisotopic (exact) mass is 214 g/mol. The van der Waals surface area contributed by atoms with Crippen molar-refractivity contribution in [1.29, 1.82) is 0 Å². The minimum absolute atomic E-state index is 0.355. The first kappa shape index (κ1) is 9.85. The molecule has 6 heteroatoms. The highest BCUT2D eigenvalue weighted by molar-refractivity contribution is 5.73. The molecule has 15 heavy (non-hydrogen) atoms. The molecule has 1 aromatic heterocycles. The van der Waals surface area contributed by atoms with E-state index in [0.717, 1.165) is 5.56 Å². The van der Waals surface area contributed by atoms with Gasteiger partial charge in [0, 0.05) is 6.54 Å². The zero-order chi connectivity index (χ0) is 10.8. The third-order valence-corrected chi connectivity index (χ3v) is 1.86. The quantitative estimate of drug-likeness (QED) is 0.847. The maximum Gasteiger partial charge on any atom is 0.399 e. The standard InChI is InChI=1S/C9H8F2N2O2/c10-8(11)15-9-13-6-3-5(4-12)1-2-7(6)14-9/h1-3,8H,4,12H2. The molecular weight excluding hydrogens is 206 g/mol. The molecule has 2 N–H and O–H groups in total. The van der Waals surface area contributed by atoms with Gasteiger partial charge in [0.25, 0.3) is 0 Å². The fourth-order valence-corrected chi connectivity index (χ4v) is 1.21. The topological polar surface area (TPSA) is 61.3 Å². The van der Waals surface area contributed by atoms with E-state index in [1.54, 1.807) is 18.2 Å². The Balaban J connectivity index is 2.37. The summed E-state index contributed by atoms with van der Waals surface area (Å²) in [6.45, 7) is -2.58. The molecule has 0 aliphatic rings. The Morgan fingerprint density at radius 3 is 2.93 bits per heavy atom. The highest BCUT2D eigenvalue weighted by Crippen LogP contribution is 2.22. The molecule has 1 aromatic carbocycles. The Morgan fingerprint density at radius 2 is 2.27 bits per heavy atom. The van der Waals surface area contributed by atoms with Crippen molar-refractivity contribution < 1.29 is 17.9 Å². The minimum atomic E-state index is -2.94. The van der Waals surface area contributed by atoms with E-state index >= 15 is 0 Å². The molecule has 0 fully saturated rings. The van der Waals surface area contributed by atoms with Crippen molar-refractivity contribution in [3.63, 3.8) is 0 Å². The number of ether oxygens (including phenoxy) is 1. The molecule has 0 unspecified atom stereocenters. The number of oxazole rings is 1. The molecule has 0 saturated carbocycles. The lowest BCUT2D eigenvalue weighted by atomic mass is 10.2. The van der Waals surface area contributed by atoms with Crippen LogP contribution in [0.5, 0.6) is 6.08 Å². The van der Waals surface area contributed by atoms with Crippen LogP contribution in [-0.4, -0.2) is 11.6 Å². The summed E-state index contributed by atoms with van der Waals surface area (Å²) in [5.41, 5.74) is 7.11. The van der Waals surface area contributed by atoms with Gasteiger partial charge in [-0.15, -0.1) is 0 Å². The van der Waals surface area contributed by atoms with Gasteiger partial charge < -0.3 is 14.9 Å². The van der Waals surface area contributed by atoms with Gasteiger partial charge in [-0.05, 0) is 17.7 Å². The highest BCUT2D eigenvalue weighted by Gasteiger charge is 2.11. The zero-order valence-electron chi connectivity index (χ0n) is 7.61. The molecule has 2 aromatic rings. The van der Waals surface area contributed by atoms with Crippen LogP contribution in [0.4, 0.5) is 8.78 Å². The van der Waals surface area contributed by atoms with E-state index < -0.39 is 12.7 Å². The first-order valence-corrected chi connectivity index (χ1v) is 4.23. The summed E-state index contributed by atoms with van der Waals surface area (Å²) >= 11 is 0. The van der Waals surface area contributed by atoms with Gasteiger partial charge in [-0.2, -0.15) is 13.8 Å². The van der Waals surface area contributed by atoms with E-state index in [-0.39, 0.29) is 0 Å². The molecule has 0 spiro atoms. The molecule has 0 aliphatic heterocycles. The number of fused-ring (bicyclic) bond motifs is 1. The number of hydrogen-bond donors (Lipinski definition) is 1. The summed E-state index contributed by atoms with van der Waals surface area (Å²) in [7, 11) is 0. The van der Waals surface area contributed by atoms with Gasteiger partial charge in [0.1, 0.15) is 5.52 Å². The Labute approximate surface area is 83.6 Å². The van der Waals surface area contributed by atoms with E-state index in [1.807, 2.05) is 0 Å². The van der Waals surface area contributed by atoms with E-state index in [0.29, 0.717) is 17.6 Å². The number of hydrogen-bond acceptors (Lipinski definition) is 4. The van der Waals surface area contributed by atoms with Crippen LogP contribution < -0.4 is 10.5 Å². The molecule has 0 saturated heterocycles. The Morgan fingerprint density at radius 1 is 1.47 bits per heavy atom. The summed E-state index contributed by atoms with van der Waals surface area (Å²) in [5.74, 6) is 0. The minimum Gasteiger partial charge on any atom is -0.409 e. The van der Waals surface area contributed by atoms with Gasteiger partial charge in [-0.1, -0.05) is 6.07 Å². The molecular formula is C9H8F2N2O2. The fourth-order valence-electron chi connectivity index (χ4n) is 1.21. The van der Waals surface area contributed by atoms with Crippen molar-refractivity contribution in [3.8, 4) is 6.08 Å². The molecule has 0 radical (unpaired) electrons. The average molecular weight is 214 g/mol. The molecule has 0 amide bonds. The number of alkyl halides is 2. The number of halogens is 2. The highest BCUT2D eigenvalue weighted by atomic mass is 19.3. The zero-order valence-corrected chi connectivity index (χ0v) is 7.61. The van der Waals surface area contributed by atoms with E-state index in [9.17, 15) is 8.78 Å². The Bertz CT molecular complexity index is 470. The lowest BCUT2D eigenvalue weighted by molar-refractivity contribution is -0.0664. The second kappa shape index (κ2) is 3.82. The first-order valence-electron chi connectivity index (χ1n) is 4.23. The summed E-state index contributed by atoms with van der Waals surface area (Å²) in [6.07, 6.45) is -0.436. The van der Waals surface area contributed by atoms with Crippen molar-refractivity contribution in [1.82, 2.24) is 4.98 Å². The molecule has 0 bridgehead atoms. The molecule has 1 heterocycles. The van der Waals surface area contributed by atoms with Gasteiger partial charge in [0.2, 0.25) is 0 Å². The molecule has 4 nitrogen and oxygen atoms in total. The SMILES string of the molecule is NCc1ccc2oc(OC(F)F)nc2c1. The normalized spacial score (nSPS) is 11.2. The Kier molecular flexibility index (Phi) is 2.51. The largest absolute Gasteiger partial charge is 0.409 e. The second-order valence-electron chi connectivity index (χ2n) is 2.86. The van der Waals surface area contributed by atoms with Crippen molar-refractivity contribution in [2.45, 2.75) is 13.2 Å². The number of benzene rings is 1. The van der Waals surface area contributed by atoms with Crippen LogP contribution in [0.25, 0.3) is 11.1 Å². The number of nitrogens with zero attached hydrogens (tertiary/aromatic N) is 1. The summed E-state index contributed by atoms with van der Waals surface area (Å²) < 4.78 is 32.7. The van der Waals surface area contributed by atoms with Crippen molar-refractivity contribution in [2.75, 3.05) is 0 Å². The predicted octanol–water partition coefficient (Wildman–Crippen LogP) is 1.89. The van der Waals surface area contributed by atoms with Gasteiger partial charge in [0.15, 0.2) is 5.58 Å². The van der Waals surface area contributed by atoms with E-state index in [1.165, 1.54) is 0 Å². The van der Waals surface area contributed by atoms with Gasteiger partial charge in [-0.25, -0.2) is 0 Å². The van der Waals surface area contributed by atoms with Crippen molar-refractivity contribution in [2.24, 2.45) is 5.73 Å². The van der Waals surface area contributed by atoms with Crippen LogP contribution in [0.15, 0.2) is 22.6 Å². The predicted molar refractivity (Wildman–Crippen MR) is 48.5 cm³/mol. The van der Waals surface area contributed by atoms with Gasteiger partial charge in [-0.3, -0.25) is 0 Å².